The van der Waals surface area contributed by atoms with Crippen molar-refractivity contribution >= 4 is 5.97 Å². The van der Waals surface area contributed by atoms with Crippen molar-refractivity contribution in [1.29, 1.82) is 0 Å². The smallest absolute Gasteiger partial charge is 0.321 e. The second-order valence-corrected chi connectivity index (χ2v) is 2.82. The summed E-state index contributed by atoms with van der Waals surface area (Å²) >= 11 is 0. The molecule has 1 rings (SSSR count). The van der Waals surface area contributed by atoms with Crippen LogP contribution in [0.2, 0.25) is 0 Å². The Labute approximate surface area is 82.6 Å². The predicted octanol–water partition coefficient (Wildman–Crippen LogP) is 0.840. The van der Waals surface area contributed by atoms with Crippen molar-refractivity contribution in [2.45, 2.75) is 12.5 Å². The Morgan fingerprint density at radius 2 is 2.07 bits per heavy atom. The van der Waals surface area contributed by atoms with Gasteiger partial charge in [-0.3, -0.25) is 4.79 Å². The number of carboxylic acids is 1. The van der Waals surface area contributed by atoms with Crippen molar-refractivity contribution < 1.29 is 9.90 Å². The average Bonchev–Trinajstić information content (AvgIpc) is 2.19. The molecule has 1 unspecified atom stereocenters. The molecule has 0 amide bonds. The van der Waals surface area contributed by atoms with Gasteiger partial charge in [-0.1, -0.05) is 30.0 Å². The van der Waals surface area contributed by atoms with Gasteiger partial charge in [-0.2, -0.15) is 0 Å². The fourth-order valence-corrected chi connectivity index (χ4v) is 0.872. The van der Waals surface area contributed by atoms with Gasteiger partial charge in [-0.25, -0.2) is 0 Å². The standard InChI is InChI=1S/C11H11NO2/c12-10(11(13)14)8-4-7-9-5-2-1-3-6-9/h1-3,5-6,10H,8,12H2,(H,13,14). The maximum Gasteiger partial charge on any atom is 0.321 e. The van der Waals surface area contributed by atoms with Crippen molar-refractivity contribution in [3.05, 3.63) is 35.9 Å². The first-order chi connectivity index (χ1) is 6.70. The zero-order valence-corrected chi connectivity index (χ0v) is 7.60. The van der Waals surface area contributed by atoms with Crippen LogP contribution in [-0.4, -0.2) is 17.1 Å². The third kappa shape index (κ3) is 3.30. The summed E-state index contributed by atoms with van der Waals surface area (Å²) in [6.45, 7) is 0. The minimum Gasteiger partial charge on any atom is -0.480 e. The molecule has 0 saturated heterocycles. The highest BCUT2D eigenvalue weighted by Gasteiger charge is 2.07. The molecule has 0 aliphatic rings. The Kier molecular flexibility index (Phi) is 3.71. The predicted molar refractivity (Wildman–Crippen MR) is 53.5 cm³/mol. The second kappa shape index (κ2) is 5.05. The van der Waals surface area contributed by atoms with Crippen molar-refractivity contribution in [2.24, 2.45) is 5.73 Å². The average molecular weight is 189 g/mol. The summed E-state index contributed by atoms with van der Waals surface area (Å²) < 4.78 is 0. The Morgan fingerprint density at radius 1 is 1.43 bits per heavy atom. The van der Waals surface area contributed by atoms with E-state index in [0.717, 1.165) is 5.56 Å². The van der Waals surface area contributed by atoms with Gasteiger partial charge in [-0.15, -0.1) is 0 Å². The number of aliphatic carboxylic acids is 1. The fourth-order valence-electron chi connectivity index (χ4n) is 0.872. The zero-order chi connectivity index (χ0) is 10.4. The van der Waals surface area contributed by atoms with Crippen molar-refractivity contribution in [1.82, 2.24) is 0 Å². The van der Waals surface area contributed by atoms with Gasteiger partial charge in [0.25, 0.3) is 0 Å². The molecule has 0 aromatic heterocycles. The normalized spacial score (nSPS) is 11.2. The zero-order valence-electron chi connectivity index (χ0n) is 7.60. The van der Waals surface area contributed by atoms with E-state index in [-0.39, 0.29) is 6.42 Å². The summed E-state index contributed by atoms with van der Waals surface area (Å²) in [7, 11) is 0. The number of hydrogen-bond donors (Lipinski definition) is 2. The van der Waals surface area contributed by atoms with Gasteiger partial charge in [0, 0.05) is 12.0 Å². The van der Waals surface area contributed by atoms with E-state index in [2.05, 4.69) is 11.8 Å². The molecule has 72 valence electrons. The van der Waals surface area contributed by atoms with Crippen molar-refractivity contribution in [3.8, 4) is 11.8 Å². The van der Waals surface area contributed by atoms with Gasteiger partial charge < -0.3 is 10.8 Å². The molecule has 1 aromatic rings. The quantitative estimate of drug-likeness (QED) is 0.677. The first kappa shape index (κ1) is 10.3. The number of nitrogens with two attached hydrogens (primary N) is 1. The van der Waals surface area contributed by atoms with Crippen molar-refractivity contribution in [3.63, 3.8) is 0 Å². The van der Waals surface area contributed by atoms with E-state index in [9.17, 15) is 4.79 Å². The molecule has 0 heterocycles. The first-order valence-corrected chi connectivity index (χ1v) is 4.22. The van der Waals surface area contributed by atoms with Gasteiger partial charge in [0.1, 0.15) is 6.04 Å². The van der Waals surface area contributed by atoms with Gasteiger partial charge in [0.15, 0.2) is 0 Å². The molecular formula is C11H11NO2. The Bertz CT molecular complexity index is 362. The number of rotatable bonds is 2. The molecule has 0 fully saturated rings. The summed E-state index contributed by atoms with van der Waals surface area (Å²) in [5.74, 6) is 4.54. The van der Waals surface area contributed by atoms with Crippen molar-refractivity contribution in [2.75, 3.05) is 0 Å². The Hall–Kier alpha value is -1.79. The van der Waals surface area contributed by atoms with Crippen LogP contribution >= 0.6 is 0 Å². The largest absolute Gasteiger partial charge is 0.480 e. The topological polar surface area (TPSA) is 63.3 Å². The molecule has 1 atom stereocenters. The van der Waals surface area contributed by atoms with Crippen LogP contribution in [-0.2, 0) is 4.79 Å². The Morgan fingerprint density at radius 3 is 2.64 bits per heavy atom. The summed E-state index contributed by atoms with van der Waals surface area (Å²) in [5, 5.41) is 8.49. The molecule has 3 heteroatoms. The lowest BCUT2D eigenvalue weighted by molar-refractivity contribution is -0.138. The van der Waals surface area contributed by atoms with E-state index in [1.54, 1.807) is 0 Å². The van der Waals surface area contributed by atoms with Gasteiger partial charge in [0.2, 0.25) is 0 Å². The van der Waals surface area contributed by atoms with Crippen LogP contribution in [0.25, 0.3) is 0 Å². The molecule has 3 nitrogen and oxygen atoms in total. The van der Waals surface area contributed by atoms with Gasteiger partial charge in [-0.05, 0) is 12.1 Å². The maximum atomic E-state index is 10.3. The van der Waals surface area contributed by atoms with Crippen LogP contribution in [0, 0.1) is 11.8 Å². The molecule has 14 heavy (non-hydrogen) atoms. The fraction of sp³-hybridized carbons (Fsp3) is 0.182. The summed E-state index contributed by atoms with van der Waals surface area (Å²) in [6, 6.07) is 8.47. The Balaban J connectivity index is 2.53. The molecular weight excluding hydrogens is 178 g/mol. The SMILES string of the molecule is NC(CC#Cc1ccccc1)C(=O)O. The minimum atomic E-state index is -1.02. The first-order valence-electron chi connectivity index (χ1n) is 4.22. The highest BCUT2D eigenvalue weighted by atomic mass is 16.4. The van der Waals surface area contributed by atoms with Crippen LogP contribution in [0.3, 0.4) is 0 Å². The summed E-state index contributed by atoms with van der Waals surface area (Å²) in [5.41, 5.74) is 6.14. The number of carbonyl (C=O) groups is 1. The summed E-state index contributed by atoms with van der Waals surface area (Å²) in [4.78, 5) is 10.3. The summed E-state index contributed by atoms with van der Waals surface area (Å²) in [6.07, 6.45) is 0.171. The molecule has 0 radical (unpaired) electrons. The van der Waals surface area contributed by atoms with E-state index in [4.69, 9.17) is 10.8 Å². The van der Waals surface area contributed by atoms with Crippen LogP contribution < -0.4 is 5.73 Å². The lowest BCUT2D eigenvalue weighted by Gasteiger charge is -1.97. The number of benzene rings is 1. The van der Waals surface area contributed by atoms with E-state index in [1.807, 2.05) is 30.3 Å². The molecule has 0 aliphatic carbocycles. The lowest BCUT2D eigenvalue weighted by Crippen LogP contribution is -2.29. The van der Waals surface area contributed by atoms with Crippen LogP contribution in [0.5, 0.6) is 0 Å². The highest BCUT2D eigenvalue weighted by molar-refractivity contribution is 5.73. The molecule has 3 N–H and O–H groups in total. The molecule has 0 aliphatic heterocycles. The number of hydrogen-bond acceptors (Lipinski definition) is 2. The minimum absolute atomic E-state index is 0.171. The second-order valence-electron chi connectivity index (χ2n) is 2.82. The van der Waals surface area contributed by atoms with Gasteiger partial charge in [0.05, 0.1) is 0 Å². The van der Waals surface area contributed by atoms with Gasteiger partial charge >= 0.3 is 5.97 Å². The molecule has 0 saturated carbocycles. The van der Waals surface area contributed by atoms with E-state index < -0.39 is 12.0 Å². The third-order valence-electron chi connectivity index (χ3n) is 1.65. The van der Waals surface area contributed by atoms with E-state index >= 15 is 0 Å². The molecule has 1 aromatic carbocycles. The highest BCUT2D eigenvalue weighted by Crippen LogP contribution is 1.95. The van der Waals surface area contributed by atoms with Crippen LogP contribution in [0.1, 0.15) is 12.0 Å². The van der Waals surface area contributed by atoms with Crippen LogP contribution in [0.4, 0.5) is 0 Å². The molecule has 0 bridgehead atoms. The molecule has 0 spiro atoms. The van der Waals surface area contributed by atoms with E-state index in [1.165, 1.54) is 0 Å². The van der Waals surface area contributed by atoms with Crippen LogP contribution in [0.15, 0.2) is 30.3 Å². The number of carboxylic acid groups (broad SMARTS) is 1. The maximum absolute atomic E-state index is 10.3. The lowest BCUT2D eigenvalue weighted by atomic mass is 10.2. The van der Waals surface area contributed by atoms with E-state index in [0.29, 0.717) is 0 Å². The monoisotopic (exact) mass is 189 g/mol. The third-order valence-corrected chi connectivity index (χ3v) is 1.65.